The van der Waals surface area contributed by atoms with E-state index in [0.29, 0.717) is 43.3 Å². The summed E-state index contributed by atoms with van der Waals surface area (Å²) in [5.41, 5.74) is 1.98. The summed E-state index contributed by atoms with van der Waals surface area (Å²) >= 11 is 1.46. The van der Waals surface area contributed by atoms with E-state index in [-0.39, 0.29) is 12.3 Å². The number of amidine groups is 1. The number of carbonyl (C=O) groups is 2. The summed E-state index contributed by atoms with van der Waals surface area (Å²) in [6.45, 7) is 9.60. The predicted molar refractivity (Wildman–Crippen MR) is 131 cm³/mol. The molecule has 3 aliphatic heterocycles. The van der Waals surface area contributed by atoms with E-state index in [2.05, 4.69) is 0 Å². The Hall–Kier alpha value is -2.78. The van der Waals surface area contributed by atoms with Crippen molar-refractivity contribution in [3.05, 3.63) is 52.2 Å². The molecule has 1 aromatic carbocycles. The molecule has 1 saturated heterocycles. The van der Waals surface area contributed by atoms with Crippen LogP contribution in [-0.4, -0.2) is 65.9 Å². The average Bonchev–Trinajstić information content (AvgIpc) is 3.19. The zero-order chi connectivity index (χ0) is 24.5. The second-order valence-corrected chi connectivity index (χ2v) is 10.1. The summed E-state index contributed by atoms with van der Waals surface area (Å²) in [5, 5.41) is 2.68. The van der Waals surface area contributed by atoms with Crippen molar-refractivity contribution in [3.63, 3.8) is 0 Å². The first-order chi connectivity index (χ1) is 16.2. The largest absolute Gasteiger partial charge is 0.496 e. The van der Waals surface area contributed by atoms with Gasteiger partial charge in [0.05, 0.1) is 44.1 Å². The van der Waals surface area contributed by atoms with E-state index in [9.17, 15) is 9.59 Å². The molecule has 8 nitrogen and oxygen atoms in total. The minimum atomic E-state index is -0.662. The topological polar surface area (TPSA) is 80.7 Å². The summed E-state index contributed by atoms with van der Waals surface area (Å²) in [4.78, 5) is 35.1. The molecule has 1 fully saturated rings. The molecule has 1 amide bonds. The van der Waals surface area contributed by atoms with Gasteiger partial charge in [-0.3, -0.25) is 4.79 Å². The van der Waals surface area contributed by atoms with Gasteiger partial charge in [0.2, 0.25) is 5.91 Å². The van der Waals surface area contributed by atoms with Crippen molar-refractivity contribution in [2.75, 3.05) is 33.4 Å². The number of benzene rings is 1. The van der Waals surface area contributed by atoms with Gasteiger partial charge in [-0.25, -0.2) is 9.79 Å². The molecule has 4 rings (SSSR count). The van der Waals surface area contributed by atoms with E-state index in [0.717, 1.165) is 16.4 Å². The van der Waals surface area contributed by atoms with Crippen LogP contribution >= 0.6 is 11.8 Å². The van der Waals surface area contributed by atoms with Crippen LogP contribution in [0.15, 0.2) is 51.6 Å². The van der Waals surface area contributed by atoms with Crippen molar-refractivity contribution in [2.45, 2.75) is 45.8 Å². The van der Waals surface area contributed by atoms with Crippen LogP contribution in [0.2, 0.25) is 0 Å². The molecule has 1 aromatic rings. The highest BCUT2D eigenvalue weighted by Gasteiger charge is 2.43. The van der Waals surface area contributed by atoms with Crippen LogP contribution < -0.4 is 4.74 Å². The highest BCUT2D eigenvalue weighted by atomic mass is 32.2. The van der Waals surface area contributed by atoms with Gasteiger partial charge in [0.1, 0.15) is 11.4 Å². The van der Waals surface area contributed by atoms with Crippen molar-refractivity contribution >= 4 is 28.8 Å². The second-order valence-electron chi connectivity index (χ2n) is 9.31. The van der Waals surface area contributed by atoms with Crippen molar-refractivity contribution in [1.29, 1.82) is 0 Å². The molecule has 0 N–H and O–H groups in total. The second kappa shape index (κ2) is 9.84. The van der Waals surface area contributed by atoms with Gasteiger partial charge in [-0.15, -0.1) is 0 Å². The van der Waals surface area contributed by atoms with Crippen LogP contribution in [0, 0.1) is 0 Å². The van der Waals surface area contributed by atoms with Crippen LogP contribution in [0.4, 0.5) is 0 Å². The summed E-state index contributed by atoms with van der Waals surface area (Å²) in [6, 6.07) is 7.08. The first-order valence-corrected chi connectivity index (χ1v) is 12.2. The van der Waals surface area contributed by atoms with E-state index in [4.69, 9.17) is 19.2 Å². The monoisotopic (exact) mass is 485 g/mol. The minimum absolute atomic E-state index is 0.0280. The number of para-hydroxylation sites is 1. The number of hydrogen-bond donors (Lipinski definition) is 0. The molecular formula is C25H31N3O5S. The lowest BCUT2D eigenvalue weighted by Crippen LogP contribution is -2.43. The molecule has 0 unspecified atom stereocenters. The lowest BCUT2D eigenvalue weighted by molar-refractivity contribution is -0.150. The summed E-state index contributed by atoms with van der Waals surface area (Å²) in [7, 11) is 1.61. The number of rotatable bonds is 5. The first-order valence-electron chi connectivity index (χ1n) is 11.4. The summed E-state index contributed by atoms with van der Waals surface area (Å²) in [6.07, 6.45) is 0.207. The molecule has 1 atom stereocenters. The van der Waals surface area contributed by atoms with E-state index in [1.807, 2.05) is 67.2 Å². The molecule has 3 heterocycles. The first kappa shape index (κ1) is 24.3. The fraction of sp³-hybridized carbons (Fsp3) is 0.480. The molecule has 0 saturated carbocycles. The fourth-order valence-corrected chi connectivity index (χ4v) is 5.19. The van der Waals surface area contributed by atoms with Gasteiger partial charge < -0.3 is 24.0 Å². The number of carbonyl (C=O) groups excluding carboxylic acids is 2. The van der Waals surface area contributed by atoms with Crippen LogP contribution in [0.3, 0.4) is 0 Å². The zero-order valence-corrected chi connectivity index (χ0v) is 21.1. The Bertz CT molecular complexity index is 1070. The Balaban J connectivity index is 1.74. The minimum Gasteiger partial charge on any atom is -0.496 e. The third-order valence-electron chi connectivity index (χ3n) is 5.75. The molecule has 3 aliphatic rings. The zero-order valence-electron chi connectivity index (χ0n) is 20.3. The fourth-order valence-electron chi connectivity index (χ4n) is 4.23. The van der Waals surface area contributed by atoms with E-state index in [1.54, 1.807) is 7.11 Å². The van der Waals surface area contributed by atoms with E-state index in [1.165, 1.54) is 11.8 Å². The van der Waals surface area contributed by atoms with E-state index < -0.39 is 17.6 Å². The molecule has 0 spiro atoms. The van der Waals surface area contributed by atoms with Gasteiger partial charge in [-0.05, 0) is 39.2 Å². The highest BCUT2D eigenvalue weighted by Crippen LogP contribution is 2.47. The molecule has 34 heavy (non-hydrogen) atoms. The average molecular weight is 486 g/mol. The number of hydrogen-bond acceptors (Lipinski definition) is 8. The summed E-state index contributed by atoms with van der Waals surface area (Å²) in [5.74, 6) is 0.248. The van der Waals surface area contributed by atoms with Crippen LogP contribution in [-0.2, 0) is 19.1 Å². The third-order valence-corrected chi connectivity index (χ3v) is 6.64. The molecular weight excluding hydrogens is 454 g/mol. The van der Waals surface area contributed by atoms with Crippen LogP contribution in [0.5, 0.6) is 5.75 Å². The third kappa shape index (κ3) is 5.00. The van der Waals surface area contributed by atoms with Crippen molar-refractivity contribution in [2.24, 2.45) is 4.99 Å². The van der Waals surface area contributed by atoms with Crippen molar-refractivity contribution in [3.8, 4) is 5.75 Å². The SMILES string of the molecule is COc1ccccc1[C@@H]1C(C(=O)OC(C)(C)C)=C(C)N=C2SC=C(CC(=O)N3CCOCC3)N21. The Kier molecular flexibility index (Phi) is 7.04. The Morgan fingerprint density at radius 2 is 1.91 bits per heavy atom. The normalized spacial score (nSPS) is 20.6. The van der Waals surface area contributed by atoms with Gasteiger partial charge in [0.25, 0.3) is 0 Å². The maximum absolute atomic E-state index is 13.4. The number of ether oxygens (including phenoxy) is 3. The number of methoxy groups -OCH3 is 1. The van der Waals surface area contributed by atoms with Gasteiger partial charge in [0, 0.05) is 24.4 Å². The predicted octanol–water partition coefficient (Wildman–Crippen LogP) is 3.86. The maximum Gasteiger partial charge on any atom is 0.338 e. The van der Waals surface area contributed by atoms with Crippen molar-refractivity contribution in [1.82, 2.24) is 9.80 Å². The lowest BCUT2D eigenvalue weighted by atomic mass is 9.93. The Morgan fingerprint density at radius 3 is 2.59 bits per heavy atom. The molecule has 0 radical (unpaired) electrons. The van der Waals surface area contributed by atoms with Gasteiger partial charge >= 0.3 is 5.97 Å². The lowest BCUT2D eigenvalue weighted by Gasteiger charge is -2.38. The van der Waals surface area contributed by atoms with Gasteiger partial charge in [-0.1, -0.05) is 30.0 Å². The molecule has 0 aromatic heterocycles. The number of allylic oxidation sites excluding steroid dienone is 1. The number of aliphatic imine (C=N–C) groups is 1. The molecule has 0 aliphatic carbocycles. The number of nitrogens with zero attached hydrogens (tertiary/aromatic N) is 3. The summed E-state index contributed by atoms with van der Waals surface area (Å²) < 4.78 is 16.8. The van der Waals surface area contributed by atoms with Gasteiger partial charge in [0.15, 0.2) is 5.17 Å². The number of esters is 1. The number of morpholine rings is 1. The van der Waals surface area contributed by atoms with Crippen LogP contribution in [0.1, 0.15) is 45.7 Å². The Labute approximate surface area is 204 Å². The molecule has 9 heteroatoms. The number of thioether (sulfide) groups is 1. The smallest absolute Gasteiger partial charge is 0.338 e. The maximum atomic E-state index is 13.4. The number of fused-ring (bicyclic) bond motifs is 1. The van der Waals surface area contributed by atoms with Crippen molar-refractivity contribution < 1.29 is 23.8 Å². The van der Waals surface area contributed by atoms with E-state index >= 15 is 0 Å². The molecule has 0 bridgehead atoms. The highest BCUT2D eigenvalue weighted by molar-refractivity contribution is 8.16. The Morgan fingerprint density at radius 1 is 1.21 bits per heavy atom. The standard InChI is InChI=1S/C25H31N3O5S/c1-16-21(23(30)33-25(2,3)4)22(18-8-6-7-9-19(18)31-5)28-17(15-34-24(28)26-16)14-20(29)27-10-12-32-13-11-27/h6-9,15,22H,10-14H2,1-5H3/t22-/m1/s1. The van der Waals surface area contributed by atoms with Gasteiger partial charge in [-0.2, -0.15) is 0 Å². The van der Waals surface area contributed by atoms with Crippen LogP contribution in [0.25, 0.3) is 0 Å². The quantitative estimate of drug-likeness (QED) is 0.586. The number of amides is 1. The molecule has 182 valence electrons.